The predicted molar refractivity (Wildman–Crippen MR) is 124 cm³/mol. The Labute approximate surface area is 199 Å². The zero-order chi connectivity index (χ0) is 23.1. The fraction of sp³-hybridized carbons (Fsp3) is 0.217. The van der Waals surface area contributed by atoms with Gasteiger partial charge in [0.25, 0.3) is 5.91 Å². The van der Waals surface area contributed by atoms with Crippen LogP contribution in [-0.4, -0.2) is 45.7 Å². The van der Waals surface area contributed by atoms with Crippen molar-refractivity contribution in [1.82, 2.24) is 45.1 Å². The van der Waals surface area contributed by atoms with Crippen LogP contribution in [-0.2, 0) is 13.1 Å². The Morgan fingerprint density at radius 1 is 1.18 bits per heavy atom. The summed E-state index contributed by atoms with van der Waals surface area (Å²) < 4.78 is 3.77. The van der Waals surface area contributed by atoms with Crippen molar-refractivity contribution < 1.29 is 4.79 Å². The molecule has 0 atom stereocenters. The Hall–Kier alpha value is -4.05. The van der Waals surface area contributed by atoms with Gasteiger partial charge in [0.1, 0.15) is 5.65 Å². The SMILES string of the molecule is O=C(NCc1cc(Cl)ccc1-c1nn[nH]n1)c1cnn(Cc2cn3cc(C4CC4)ccc3n2)c1. The summed E-state index contributed by atoms with van der Waals surface area (Å²) in [6.45, 7) is 0.730. The molecule has 6 rings (SSSR count). The molecule has 2 N–H and O–H groups in total. The maximum absolute atomic E-state index is 12.7. The molecule has 1 aliphatic rings. The van der Waals surface area contributed by atoms with Crippen LogP contribution in [0, 0.1) is 0 Å². The first kappa shape index (κ1) is 20.5. The van der Waals surface area contributed by atoms with E-state index in [1.807, 2.05) is 6.20 Å². The number of halogens is 1. The van der Waals surface area contributed by atoms with E-state index in [1.165, 1.54) is 18.4 Å². The van der Waals surface area contributed by atoms with Crippen LogP contribution in [0.5, 0.6) is 0 Å². The summed E-state index contributed by atoms with van der Waals surface area (Å²) in [7, 11) is 0. The van der Waals surface area contributed by atoms with E-state index >= 15 is 0 Å². The maximum atomic E-state index is 12.7. The van der Waals surface area contributed by atoms with Gasteiger partial charge in [0.05, 0.1) is 24.0 Å². The molecule has 1 fully saturated rings. The van der Waals surface area contributed by atoms with Gasteiger partial charge >= 0.3 is 0 Å². The molecule has 1 aliphatic carbocycles. The van der Waals surface area contributed by atoms with E-state index in [-0.39, 0.29) is 12.5 Å². The number of benzene rings is 1. The fourth-order valence-electron chi connectivity index (χ4n) is 4.01. The van der Waals surface area contributed by atoms with Crippen molar-refractivity contribution in [3.63, 3.8) is 0 Å². The molecule has 0 unspecified atom stereocenters. The summed E-state index contributed by atoms with van der Waals surface area (Å²) in [5, 5.41) is 21.9. The second-order valence-electron chi connectivity index (χ2n) is 8.38. The number of carbonyl (C=O) groups is 1. The lowest BCUT2D eigenvalue weighted by Crippen LogP contribution is -2.22. The lowest BCUT2D eigenvalue weighted by atomic mass is 10.1. The van der Waals surface area contributed by atoms with Gasteiger partial charge in [-0.05, 0) is 59.4 Å². The van der Waals surface area contributed by atoms with Crippen LogP contribution in [0.15, 0.2) is 55.1 Å². The van der Waals surface area contributed by atoms with E-state index < -0.39 is 0 Å². The summed E-state index contributed by atoms with van der Waals surface area (Å²) >= 11 is 6.15. The summed E-state index contributed by atoms with van der Waals surface area (Å²) in [6, 6.07) is 9.53. The quantitative estimate of drug-likeness (QED) is 0.374. The van der Waals surface area contributed by atoms with Crippen LogP contribution in [0.1, 0.15) is 45.9 Å². The number of rotatable bonds is 7. The van der Waals surface area contributed by atoms with E-state index in [0.29, 0.717) is 28.9 Å². The third-order valence-corrected chi connectivity index (χ3v) is 6.12. The highest BCUT2D eigenvalue weighted by Gasteiger charge is 2.23. The highest BCUT2D eigenvalue weighted by atomic mass is 35.5. The van der Waals surface area contributed by atoms with Crippen LogP contribution in [0.2, 0.25) is 5.02 Å². The summed E-state index contributed by atoms with van der Waals surface area (Å²) in [5.74, 6) is 0.887. The van der Waals surface area contributed by atoms with Crippen molar-refractivity contribution in [2.24, 2.45) is 0 Å². The topological polar surface area (TPSA) is 119 Å². The van der Waals surface area contributed by atoms with Gasteiger partial charge < -0.3 is 9.72 Å². The van der Waals surface area contributed by atoms with Crippen LogP contribution in [0.3, 0.4) is 0 Å². The lowest BCUT2D eigenvalue weighted by Gasteiger charge is -2.08. The standard InChI is InChI=1S/C23H20ClN9O/c24-18-4-5-20(22-28-30-31-29-22)16(7-18)8-25-23(34)17-9-26-33(11-17)13-19-12-32-10-15(14-1-2-14)3-6-21(32)27-19/h3-7,9-12,14H,1-2,8,13H2,(H,25,34)(H,28,29,30,31). The number of tetrazole rings is 1. The van der Waals surface area contributed by atoms with E-state index in [1.54, 1.807) is 35.3 Å². The minimum Gasteiger partial charge on any atom is -0.348 e. The van der Waals surface area contributed by atoms with Crippen molar-refractivity contribution >= 4 is 23.2 Å². The number of aromatic amines is 1. The number of pyridine rings is 1. The van der Waals surface area contributed by atoms with Gasteiger partial charge in [-0.2, -0.15) is 10.3 Å². The molecular weight excluding hydrogens is 454 g/mol. The monoisotopic (exact) mass is 473 g/mol. The molecule has 0 bridgehead atoms. The Balaban J connectivity index is 1.14. The van der Waals surface area contributed by atoms with Crippen molar-refractivity contribution in [3.05, 3.63) is 82.5 Å². The number of amides is 1. The Bertz CT molecular complexity index is 1480. The molecule has 4 aromatic heterocycles. The van der Waals surface area contributed by atoms with Crippen molar-refractivity contribution in [2.45, 2.75) is 31.8 Å². The molecule has 34 heavy (non-hydrogen) atoms. The number of imidazole rings is 1. The minimum atomic E-state index is -0.241. The summed E-state index contributed by atoms with van der Waals surface area (Å²) in [5.41, 5.74) is 5.13. The van der Waals surface area contributed by atoms with Gasteiger partial charge in [-0.15, -0.1) is 10.2 Å². The first-order chi connectivity index (χ1) is 16.6. The molecule has 1 amide bonds. The maximum Gasteiger partial charge on any atom is 0.254 e. The number of H-pyrrole nitrogens is 1. The molecule has 0 spiro atoms. The highest BCUT2D eigenvalue weighted by Crippen LogP contribution is 2.39. The second kappa shape index (κ2) is 8.38. The average molecular weight is 474 g/mol. The first-order valence-electron chi connectivity index (χ1n) is 10.9. The number of aromatic nitrogens is 8. The largest absolute Gasteiger partial charge is 0.348 e. The average Bonchev–Trinajstić information content (AvgIpc) is 3.21. The van der Waals surface area contributed by atoms with E-state index in [2.05, 4.69) is 58.8 Å². The molecule has 0 radical (unpaired) electrons. The van der Waals surface area contributed by atoms with Gasteiger partial charge in [0, 0.05) is 35.7 Å². The van der Waals surface area contributed by atoms with Crippen LogP contribution in [0.25, 0.3) is 17.0 Å². The number of hydrogen-bond donors (Lipinski definition) is 2. The third-order valence-electron chi connectivity index (χ3n) is 5.88. The van der Waals surface area contributed by atoms with Gasteiger partial charge in [0.15, 0.2) is 0 Å². The minimum absolute atomic E-state index is 0.241. The molecule has 11 heteroatoms. The molecule has 170 valence electrons. The van der Waals surface area contributed by atoms with E-state index in [9.17, 15) is 4.79 Å². The third kappa shape index (κ3) is 4.15. The van der Waals surface area contributed by atoms with Crippen molar-refractivity contribution in [3.8, 4) is 11.4 Å². The fourth-order valence-corrected chi connectivity index (χ4v) is 4.20. The lowest BCUT2D eigenvalue weighted by molar-refractivity contribution is 0.0951. The number of nitrogens with zero attached hydrogens (tertiary/aromatic N) is 7. The summed E-state index contributed by atoms with van der Waals surface area (Å²) in [4.78, 5) is 17.4. The molecule has 1 aromatic carbocycles. The zero-order valence-corrected chi connectivity index (χ0v) is 18.8. The van der Waals surface area contributed by atoms with Crippen LogP contribution >= 0.6 is 11.6 Å². The number of hydrogen-bond acceptors (Lipinski definition) is 6. The number of nitrogens with one attached hydrogen (secondary N) is 2. The van der Waals surface area contributed by atoms with Crippen LogP contribution < -0.4 is 5.32 Å². The highest BCUT2D eigenvalue weighted by molar-refractivity contribution is 6.30. The normalized spacial score (nSPS) is 13.4. The van der Waals surface area contributed by atoms with Gasteiger partial charge in [-0.25, -0.2) is 4.98 Å². The van der Waals surface area contributed by atoms with Crippen LogP contribution in [0.4, 0.5) is 0 Å². The van der Waals surface area contributed by atoms with E-state index in [0.717, 1.165) is 22.5 Å². The zero-order valence-electron chi connectivity index (χ0n) is 18.0. The smallest absolute Gasteiger partial charge is 0.254 e. The predicted octanol–water partition coefficient (Wildman–Crippen LogP) is 3.22. The molecule has 10 nitrogen and oxygen atoms in total. The summed E-state index contributed by atoms with van der Waals surface area (Å²) in [6.07, 6.45) is 9.97. The first-order valence-corrected chi connectivity index (χ1v) is 11.3. The van der Waals surface area contributed by atoms with Crippen molar-refractivity contribution in [2.75, 3.05) is 0 Å². The Morgan fingerprint density at radius 2 is 2.09 bits per heavy atom. The molecule has 5 aromatic rings. The second-order valence-corrected chi connectivity index (χ2v) is 8.82. The van der Waals surface area contributed by atoms with Crippen molar-refractivity contribution in [1.29, 1.82) is 0 Å². The molecule has 1 saturated carbocycles. The Kier molecular flexibility index (Phi) is 5.06. The van der Waals surface area contributed by atoms with Gasteiger partial charge in [-0.1, -0.05) is 17.7 Å². The van der Waals surface area contributed by atoms with Gasteiger partial charge in [-0.3, -0.25) is 9.48 Å². The number of carbonyl (C=O) groups excluding carboxylic acids is 1. The number of fused-ring (bicyclic) bond motifs is 1. The molecule has 0 aliphatic heterocycles. The molecule has 0 saturated heterocycles. The van der Waals surface area contributed by atoms with E-state index in [4.69, 9.17) is 11.6 Å². The molecule has 4 heterocycles. The molecular formula is C23H20ClN9O. The van der Waals surface area contributed by atoms with Gasteiger partial charge in [0.2, 0.25) is 5.82 Å². The Morgan fingerprint density at radius 3 is 2.91 bits per heavy atom.